The van der Waals surface area contributed by atoms with Crippen LogP contribution in [0.5, 0.6) is 0 Å². The molecule has 3 heterocycles. The zero-order valence-electron chi connectivity index (χ0n) is 10.8. The van der Waals surface area contributed by atoms with Crippen LogP contribution in [0.25, 0.3) is 20.4 Å². The molecular formula is C12H10N4O3S. The van der Waals surface area contributed by atoms with Gasteiger partial charge in [-0.25, -0.2) is 14.9 Å². The first kappa shape index (κ1) is 12.7. The van der Waals surface area contributed by atoms with Crippen LogP contribution >= 0.6 is 11.3 Å². The van der Waals surface area contributed by atoms with Crippen molar-refractivity contribution >= 4 is 37.7 Å². The van der Waals surface area contributed by atoms with Crippen molar-refractivity contribution in [2.75, 3.05) is 6.61 Å². The fourth-order valence-corrected chi connectivity index (χ4v) is 3.07. The molecule has 0 spiro atoms. The number of hydrogen-bond donors (Lipinski definition) is 1. The molecule has 0 aromatic carbocycles. The summed E-state index contributed by atoms with van der Waals surface area (Å²) in [5.41, 5.74) is 1.08. The molecule has 0 atom stereocenters. The lowest BCUT2D eigenvalue weighted by atomic mass is 10.1. The minimum atomic E-state index is -0.454. The Morgan fingerprint density at radius 3 is 3.05 bits per heavy atom. The van der Waals surface area contributed by atoms with Crippen LogP contribution in [0.3, 0.4) is 0 Å². The van der Waals surface area contributed by atoms with E-state index in [0.29, 0.717) is 31.7 Å². The van der Waals surface area contributed by atoms with E-state index in [2.05, 4.69) is 20.4 Å². The summed E-state index contributed by atoms with van der Waals surface area (Å²) in [5.74, 6) is -0.454. The van der Waals surface area contributed by atoms with Crippen LogP contribution in [-0.2, 0) is 4.74 Å². The Bertz CT molecular complexity index is 883. The second kappa shape index (κ2) is 4.64. The first-order valence-corrected chi connectivity index (χ1v) is 6.75. The summed E-state index contributed by atoms with van der Waals surface area (Å²) >= 11 is 1.19. The van der Waals surface area contributed by atoms with E-state index in [4.69, 9.17) is 4.74 Å². The van der Waals surface area contributed by atoms with Crippen molar-refractivity contribution in [3.63, 3.8) is 0 Å². The molecule has 3 rings (SSSR count). The first-order valence-electron chi connectivity index (χ1n) is 5.94. The highest BCUT2D eigenvalue weighted by molar-refractivity contribution is 7.25. The van der Waals surface area contributed by atoms with Crippen molar-refractivity contribution in [1.82, 2.24) is 20.4 Å². The van der Waals surface area contributed by atoms with E-state index in [9.17, 15) is 9.59 Å². The van der Waals surface area contributed by atoms with Crippen LogP contribution in [0.15, 0.2) is 10.9 Å². The summed E-state index contributed by atoms with van der Waals surface area (Å²) in [6.45, 7) is 3.79. The van der Waals surface area contributed by atoms with Gasteiger partial charge >= 0.3 is 5.97 Å². The van der Waals surface area contributed by atoms with Gasteiger partial charge in [0.05, 0.1) is 17.6 Å². The third-order valence-electron chi connectivity index (χ3n) is 2.77. The number of nitrogens with one attached hydrogen (secondary N) is 1. The Labute approximate surface area is 116 Å². The maximum absolute atomic E-state index is 12.1. The molecule has 0 saturated carbocycles. The van der Waals surface area contributed by atoms with Gasteiger partial charge in [-0.05, 0) is 19.9 Å². The van der Waals surface area contributed by atoms with E-state index in [1.165, 1.54) is 11.3 Å². The third-order valence-corrected chi connectivity index (χ3v) is 3.84. The molecule has 7 nitrogen and oxygen atoms in total. The average Bonchev–Trinajstić information content (AvgIpc) is 2.78. The lowest BCUT2D eigenvalue weighted by Crippen LogP contribution is -2.09. The zero-order chi connectivity index (χ0) is 14.3. The normalized spacial score (nSPS) is 11.1. The van der Waals surface area contributed by atoms with Crippen LogP contribution in [0.4, 0.5) is 0 Å². The number of rotatable bonds is 2. The molecule has 0 unspecified atom stereocenters. The number of carbonyl (C=O) groups is 1. The summed E-state index contributed by atoms with van der Waals surface area (Å²) in [6, 6.07) is 1.63. The van der Waals surface area contributed by atoms with Crippen molar-refractivity contribution in [1.29, 1.82) is 0 Å². The number of H-pyrrole nitrogens is 1. The van der Waals surface area contributed by atoms with Crippen LogP contribution in [0.1, 0.15) is 23.0 Å². The summed E-state index contributed by atoms with van der Waals surface area (Å²) in [6.07, 6.45) is 0. The SMILES string of the molecule is CCOC(=O)c1cc(C)nc2sc3c(=O)[nH]nnc3c12. The predicted molar refractivity (Wildman–Crippen MR) is 74.0 cm³/mol. The molecule has 3 aromatic heterocycles. The number of nitrogens with zero attached hydrogens (tertiary/aromatic N) is 3. The average molecular weight is 290 g/mol. The smallest absolute Gasteiger partial charge is 0.338 e. The van der Waals surface area contributed by atoms with Crippen molar-refractivity contribution in [2.24, 2.45) is 0 Å². The number of thiophene rings is 1. The van der Waals surface area contributed by atoms with Crippen molar-refractivity contribution in [3.05, 3.63) is 27.7 Å². The maximum Gasteiger partial charge on any atom is 0.338 e. The number of esters is 1. The van der Waals surface area contributed by atoms with Crippen molar-refractivity contribution in [2.45, 2.75) is 13.8 Å². The largest absolute Gasteiger partial charge is 0.462 e. The fourth-order valence-electron chi connectivity index (χ4n) is 2.00. The van der Waals surface area contributed by atoms with Gasteiger partial charge in [-0.3, -0.25) is 4.79 Å². The van der Waals surface area contributed by atoms with Crippen molar-refractivity contribution < 1.29 is 9.53 Å². The van der Waals surface area contributed by atoms with Crippen LogP contribution in [0.2, 0.25) is 0 Å². The van der Waals surface area contributed by atoms with Gasteiger partial charge in [0.15, 0.2) is 0 Å². The third kappa shape index (κ3) is 1.85. The highest BCUT2D eigenvalue weighted by Gasteiger charge is 2.20. The molecule has 0 fully saturated rings. The monoisotopic (exact) mass is 290 g/mol. The number of ether oxygens (including phenoxy) is 1. The van der Waals surface area contributed by atoms with Crippen LogP contribution in [-0.4, -0.2) is 33.0 Å². The maximum atomic E-state index is 12.1. The van der Waals surface area contributed by atoms with E-state index >= 15 is 0 Å². The Hall–Kier alpha value is -2.35. The second-order valence-electron chi connectivity index (χ2n) is 4.13. The van der Waals surface area contributed by atoms with E-state index in [1.807, 2.05) is 0 Å². The van der Waals surface area contributed by atoms with Gasteiger partial charge in [0.25, 0.3) is 5.56 Å². The number of aryl methyl sites for hydroxylation is 1. The molecule has 0 bridgehead atoms. The van der Waals surface area contributed by atoms with Gasteiger partial charge in [0.1, 0.15) is 15.0 Å². The van der Waals surface area contributed by atoms with E-state index in [-0.39, 0.29) is 12.2 Å². The molecule has 20 heavy (non-hydrogen) atoms. The van der Waals surface area contributed by atoms with E-state index in [1.54, 1.807) is 19.9 Å². The summed E-state index contributed by atoms with van der Waals surface area (Å²) in [5, 5.41) is 10.3. The molecule has 0 aliphatic heterocycles. The zero-order valence-corrected chi connectivity index (χ0v) is 11.6. The standard InChI is InChI=1S/C12H10N4O3S/c1-3-19-12(18)6-4-5(2)13-11-7(6)8-9(20-11)10(17)15-16-14-8/h4H,3H2,1-2H3,(H,14,15,17). The van der Waals surface area contributed by atoms with Gasteiger partial charge in [0, 0.05) is 5.69 Å². The highest BCUT2D eigenvalue weighted by Crippen LogP contribution is 2.31. The quantitative estimate of drug-likeness (QED) is 0.717. The second-order valence-corrected chi connectivity index (χ2v) is 5.13. The summed E-state index contributed by atoms with van der Waals surface area (Å²) in [7, 11) is 0. The molecule has 0 saturated heterocycles. The van der Waals surface area contributed by atoms with Crippen LogP contribution in [0, 0.1) is 6.92 Å². The number of pyridine rings is 1. The highest BCUT2D eigenvalue weighted by atomic mass is 32.1. The predicted octanol–water partition coefficient (Wildman–Crippen LogP) is 1.41. The van der Waals surface area contributed by atoms with Crippen LogP contribution < -0.4 is 5.56 Å². The molecule has 0 amide bonds. The Morgan fingerprint density at radius 1 is 1.50 bits per heavy atom. The molecule has 3 aromatic rings. The molecule has 1 N–H and O–H groups in total. The molecule has 102 valence electrons. The minimum absolute atomic E-state index is 0.274. The Balaban J connectivity index is 2.45. The molecule has 0 aliphatic carbocycles. The van der Waals surface area contributed by atoms with Gasteiger partial charge < -0.3 is 4.74 Å². The molecule has 0 radical (unpaired) electrons. The first-order chi connectivity index (χ1) is 9.61. The van der Waals surface area contributed by atoms with Gasteiger partial charge in [-0.2, -0.15) is 0 Å². The number of carbonyl (C=O) groups excluding carboxylic acids is 1. The van der Waals surface area contributed by atoms with E-state index in [0.717, 1.165) is 0 Å². The Kier molecular flexibility index (Phi) is 2.94. The number of aromatic amines is 1. The lowest BCUT2D eigenvalue weighted by molar-refractivity contribution is 0.0528. The number of aromatic nitrogens is 4. The Morgan fingerprint density at radius 2 is 2.30 bits per heavy atom. The topological polar surface area (TPSA) is 97.8 Å². The summed E-state index contributed by atoms with van der Waals surface area (Å²) in [4.78, 5) is 28.7. The van der Waals surface area contributed by atoms with Crippen molar-refractivity contribution in [3.8, 4) is 0 Å². The van der Waals surface area contributed by atoms with Gasteiger partial charge in [-0.1, -0.05) is 5.21 Å². The molecule has 0 aliphatic rings. The fraction of sp³-hybridized carbons (Fsp3) is 0.250. The molecular weight excluding hydrogens is 280 g/mol. The van der Waals surface area contributed by atoms with Gasteiger partial charge in [-0.15, -0.1) is 16.4 Å². The van der Waals surface area contributed by atoms with E-state index < -0.39 is 5.97 Å². The summed E-state index contributed by atoms with van der Waals surface area (Å²) < 4.78 is 5.44. The number of hydrogen-bond acceptors (Lipinski definition) is 7. The minimum Gasteiger partial charge on any atom is -0.462 e. The van der Waals surface area contributed by atoms with Gasteiger partial charge in [0.2, 0.25) is 0 Å². The lowest BCUT2D eigenvalue weighted by Gasteiger charge is -2.04. The number of fused-ring (bicyclic) bond motifs is 3. The molecule has 8 heteroatoms.